The highest BCUT2D eigenvalue weighted by molar-refractivity contribution is 7.98. The first-order chi connectivity index (χ1) is 14.7. The van der Waals surface area contributed by atoms with E-state index in [0.717, 1.165) is 59.9 Å². The maximum absolute atomic E-state index is 12.8. The highest BCUT2D eigenvalue weighted by Gasteiger charge is 2.22. The molecular formula is C21H24N6O2S. The number of amides is 1. The molecule has 0 spiro atoms. The second-order valence-corrected chi connectivity index (χ2v) is 8.85. The van der Waals surface area contributed by atoms with Gasteiger partial charge in [-0.05, 0) is 29.5 Å². The van der Waals surface area contributed by atoms with Gasteiger partial charge in [0, 0.05) is 56.5 Å². The van der Waals surface area contributed by atoms with Gasteiger partial charge in [0.25, 0.3) is 11.5 Å². The average Bonchev–Trinajstić information content (AvgIpc) is 3.25. The van der Waals surface area contributed by atoms with Crippen LogP contribution in [0, 0.1) is 0 Å². The van der Waals surface area contributed by atoms with Gasteiger partial charge in [-0.3, -0.25) is 14.5 Å². The Labute approximate surface area is 178 Å². The Morgan fingerprint density at radius 2 is 2.00 bits per heavy atom. The largest absolute Gasteiger partial charge is 0.345 e. The number of fused-ring (bicyclic) bond motifs is 2. The van der Waals surface area contributed by atoms with Gasteiger partial charge in [-0.2, -0.15) is 16.9 Å². The lowest BCUT2D eigenvalue weighted by Gasteiger charge is -2.34. The van der Waals surface area contributed by atoms with Gasteiger partial charge in [0.2, 0.25) is 0 Å². The molecule has 5 rings (SSSR count). The summed E-state index contributed by atoms with van der Waals surface area (Å²) in [6.07, 6.45) is 2.57. The molecule has 30 heavy (non-hydrogen) atoms. The number of imidazole rings is 1. The lowest BCUT2D eigenvalue weighted by molar-refractivity contribution is 0.0631. The van der Waals surface area contributed by atoms with Gasteiger partial charge < -0.3 is 9.88 Å². The van der Waals surface area contributed by atoms with Crippen molar-refractivity contribution in [2.24, 2.45) is 0 Å². The van der Waals surface area contributed by atoms with Crippen molar-refractivity contribution in [3.05, 3.63) is 57.8 Å². The van der Waals surface area contributed by atoms with Crippen LogP contribution < -0.4 is 5.56 Å². The van der Waals surface area contributed by atoms with E-state index in [0.29, 0.717) is 25.2 Å². The number of aryl methyl sites for hydroxylation is 1. The molecule has 3 aromatic rings. The smallest absolute Gasteiger partial charge is 0.267 e. The molecule has 0 unspecified atom stereocenters. The predicted octanol–water partition coefficient (Wildman–Crippen LogP) is 1.37. The lowest BCUT2D eigenvalue weighted by atomic mass is 10.1. The predicted molar refractivity (Wildman–Crippen MR) is 117 cm³/mol. The number of H-pyrrole nitrogens is 1. The van der Waals surface area contributed by atoms with Crippen LogP contribution in [-0.4, -0.2) is 73.9 Å². The third-order valence-corrected chi connectivity index (χ3v) is 6.87. The van der Waals surface area contributed by atoms with Crippen LogP contribution in [0.3, 0.4) is 0 Å². The molecule has 1 N–H and O–H groups in total. The molecule has 8 nitrogen and oxygen atoms in total. The maximum atomic E-state index is 12.8. The molecule has 4 heterocycles. The Bertz CT molecular complexity index is 1130. The first-order valence-corrected chi connectivity index (χ1v) is 11.5. The molecular weight excluding hydrogens is 400 g/mol. The highest BCUT2D eigenvalue weighted by atomic mass is 32.2. The van der Waals surface area contributed by atoms with Gasteiger partial charge in [0.1, 0.15) is 0 Å². The van der Waals surface area contributed by atoms with Gasteiger partial charge in [-0.15, -0.1) is 0 Å². The quantitative estimate of drug-likeness (QED) is 0.681. The average molecular weight is 425 g/mol. The number of hydrogen-bond donors (Lipinski definition) is 1. The summed E-state index contributed by atoms with van der Waals surface area (Å²) >= 11 is 1.86. The summed E-state index contributed by atoms with van der Waals surface area (Å²) in [4.78, 5) is 36.6. The van der Waals surface area contributed by atoms with Crippen LogP contribution in [0.1, 0.15) is 21.6 Å². The number of piperazine rings is 1. The molecule has 2 aliphatic heterocycles. The summed E-state index contributed by atoms with van der Waals surface area (Å²) < 4.78 is 1.60. The van der Waals surface area contributed by atoms with E-state index < -0.39 is 0 Å². The number of aromatic nitrogens is 4. The van der Waals surface area contributed by atoms with Crippen molar-refractivity contribution in [2.75, 3.05) is 38.5 Å². The molecule has 1 aromatic carbocycles. The van der Waals surface area contributed by atoms with Crippen LogP contribution >= 0.6 is 11.8 Å². The molecule has 2 aliphatic rings. The molecule has 1 saturated heterocycles. The van der Waals surface area contributed by atoms with Crippen LogP contribution in [0.4, 0.5) is 0 Å². The number of rotatable bonds is 4. The number of carbonyl (C=O) groups excluding carboxylic acids is 1. The number of hydrogen-bond acceptors (Lipinski definition) is 6. The second-order valence-electron chi connectivity index (χ2n) is 7.75. The Hall–Kier alpha value is -2.65. The Morgan fingerprint density at radius 3 is 2.87 bits per heavy atom. The molecule has 1 amide bonds. The van der Waals surface area contributed by atoms with E-state index >= 15 is 0 Å². The fraction of sp³-hybridized carbons (Fsp3) is 0.429. The van der Waals surface area contributed by atoms with Crippen LogP contribution in [-0.2, 0) is 18.7 Å². The van der Waals surface area contributed by atoms with Gasteiger partial charge in [0.15, 0.2) is 0 Å². The third kappa shape index (κ3) is 3.87. The minimum atomic E-state index is -0.0146. The zero-order valence-corrected chi connectivity index (χ0v) is 17.5. The van der Waals surface area contributed by atoms with Crippen LogP contribution in [0.25, 0.3) is 11.0 Å². The Morgan fingerprint density at radius 1 is 1.13 bits per heavy atom. The SMILES string of the molecule is O=C(c1ccc2nc[nH]c2c1)N1CCN(CCn2nc3c(cc2=O)CSCC3)CC1. The van der Waals surface area contributed by atoms with Crippen molar-refractivity contribution in [2.45, 2.75) is 18.7 Å². The number of aromatic amines is 1. The first kappa shape index (κ1) is 19.3. The van der Waals surface area contributed by atoms with E-state index in [1.165, 1.54) is 0 Å². The second kappa shape index (κ2) is 8.23. The molecule has 156 valence electrons. The van der Waals surface area contributed by atoms with Gasteiger partial charge >= 0.3 is 0 Å². The number of nitrogens with zero attached hydrogens (tertiary/aromatic N) is 5. The standard InChI is InChI=1S/C21H24N6O2S/c28-20-12-16-13-30-10-3-17(16)24-27(20)9-6-25-4-7-26(8-5-25)21(29)15-1-2-18-19(11-15)23-14-22-18/h1-2,11-12,14H,3-10,13H2,(H,22,23). The van der Waals surface area contributed by atoms with Crippen LogP contribution in [0.15, 0.2) is 35.4 Å². The fourth-order valence-electron chi connectivity index (χ4n) is 4.07. The summed E-state index contributed by atoms with van der Waals surface area (Å²) in [5.74, 6) is 2.01. The van der Waals surface area contributed by atoms with Crippen molar-refractivity contribution in [1.82, 2.24) is 29.5 Å². The molecule has 9 heteroatoms. The van der Waals surface area contributed by atoms with E-state index in [1.54, 1.807) is 17.1 Å². The molecule has 0 bridgehead atoms. The topological polar surface area (TPSA) is 87.1 Å². The molecule has 2 aromatic heterocycles. The molecule has 0 atom stereocenters. The summed E-state index contributed by atoms with van der Waals surface area (Å²) in [5.41, 5.74) is 4.57. The van der Waals surface area contributed by atoms with Crippen molar-refractivity contribution >= 4 is 28.7 Å². The zero-order valence-electron chi connectivity index (χ0n) is 16.7. The van der Waals surface area contributed by atoms with Crippen LogP contribution in [0.5, 0.6) is 0 Å². The summed E-state index contributed by atoms with van der Waals surface area (Å²) in [5, 5.41) is 4.59. The van der Waals surface area contributed by atoms with Crippen molar-refractivity contribution in [3.8, 4) is 0 Å². The van der Waals surface area contributed by atoms with Crippen LogP contribution in [0.2, 0.25) is 0 Å². The van der Waals surface area contributed by atoms with E-state index in [-0.39, 0.29) is 11.5 Å². The Kier molecular flexibility index (Phi) is 5.30. The monoisotopic (exact) mass is 424 g/mol. The number of thioether (sulfide) groups is 1. The summed E-state index contributed by atoms with van der Waals surface area (Å²) in [6, 6.07) is 7.33. The minimum absolute atomic E-state index is 0.0146. The van der Waals surface area contributed by atoms with Gasteiger partial charge in [0.05, 0.1) is 29.6 Å². The van der Waals surface area contributed by atoms with E-state index in [1.807, 2.05) is 34.9 Å². The zero-order chi connectivity index (χ0) is 20.5. The first-order valence-electron chi connectivity index (χ1n) is 10.3. The molecule has 0 aliphatic carbocycles. The lowest BCUT2D eigenvalue weighted by Crippen LogP contribution is -2.49. The van der Waals surface area contributed by atoms with Crippen molar-refractivity contribution < 1.29 is 4.79 Å². The summed E-state index contributed by atoms with van der Waals surface area (Å²) in [6.45, 7) is 4.32. The third-order valence-electron chi connectivity index (χ3n) is 5.86. The minimum Gasteiger partial charge on any atom is -0.345 e. The number of benzene rings is 1. The fourth-order valence-corrected chi connectivity index (χ4v) is 5.03. The number of carbonyl (C=O) groups is 1. The highest BCUT2D eigenvalue weighted by Crippen LogP contribution is 2.21. The van der Waals surface area contributed by atoms with E-state index in [4.69, 9.17) is 0 Å². The van der Waals surface area contributed by atoms with Crippen molar-refractivity contribution in [1.29, 1.82) is 0 Å². The Balaban J connectivity index is 1.17. The van der Waals surface area contributed by atoms with E-state index in [2.05, 4.69) is 20.0 Å². The molecule has 1 fully saturated rings. The number of nitrogens with one attached hydrogen (secondary N) is 1. The molecule has 0 saturated carbocycles. The molecule has 0 radical (unpaired) electrons. The van der Waals surface area contributed by atoms with Crippen molar-refractivity contribution in [3.63, 3.8) is 0 Å². The summed E-state index contributed by atoms with van der Waals surface area (Å²) in [7, 11) is 0. The maximum Gasteiger partial charge on any atom is 0.267 e. The normalized spacial score (nSPS) is 17.3. The van der Waals surface area contributed by atoms with E-state index in [9.17, 15) is 9.59 Å². The van der Waals surface area contributed by atoms with Gasteiger partial charge in [-0.1, -0.05) is 0 Å². The van der Waals surface area contributed by atoms with Gasteiger partial charge in [-0.25, -0.2) is 9.67 Å².